The molecule has 94 valence electrons. The summed E-state index contributed by atoms with van der Waals surface area (Å²) in [5, 5.41) is 11.2. The van der Waals surface area contributed by atoms with Gasteiger partial charge < -0.3 is 10.4 Å². The van der Waals surface area contributed by atoms with Crippen LogP contribution < -0.4 is 5.32 Å². The predicted molar refractivity (Wildman–Crippen MR) is 59.4 cm³/mol. The van der Waals surface area contributed by atoms with Crippen LogP contribution in [-0.4, -0.2) is 24.2 Å². The maximum atomic E-state index is 12.8. The number of aliphatic hydroxyl groups excluding tert-OH is 1. The van der Waals surface area contributed by atoms with E-state index in [-0.39, 0.29) is 18.9 Å². The summed E-state index contributed by atoms with van der Waals surface area (Å²) in [5.41, 5.74) is 0.434. The maximum Gasteiger partial charge on any atom is 0.224 e. The van der Waals surface area contributed by atoms with Gasteiger partial charge in [0.2, 0.25) is 5.91 Å². The largest absolute Gasteiger partial charge is 0.396 e. The van der Waals surface area contributed by atoms with Crippen LogP contribution in [0.25, 0.3) is 0 Å². The van der Waals surface area contributed by atoms with Gasteiger partial charge in [-0.3, -0.25) is 4.79 Å². The van der Waals surface area contributed by atoms with E-state index in [0.717, 1.165) is 12.1 Å². The molecule has 0 radical (unpaired) electrons. The lowest BCUT2D eigenvalue weighted by Gasteiger charge is -2.05. The number of carbonyl (C=O) groups excluding carboxylic acids is 1. The van der Waals surface area contributed by atoms with Gasteiger partial charge in [0.25, 0.3) is 0 Å². The smallest absolute Gasteiger partial charge is 0.224 e. The molecule has 1 aromatic rings. The highest BCUT2D eigenvalue weighted by Crippen LogP contribution is 2.09. The Morgan fingerprint density at radius 2 is 2.00 bits per heavy atom. The zero-order chi connectivity index (χ0) is 12.7. The molecule has 0 atom stereocenters. The first-order chi connectivity index (χ1) is 8.13. The molecule has 1 aromatic carbocycles. The van der Waals surface area contributed by atoms with Crippen molar-refractivity contribution in [2.24, 2.45) is 0 Å². The average Bonchev–Trinajstić information content (AvgIpc) is 2.30. The van der Waals surface area contributed by atoms with E-state index >= 15 is 0 Å². The average molecular weight is 243 g/mol. The normalized spacial score (nSPS) is 10.3. The lowest BCUT2D eigenvalue weighted by molar-refractivity contribution is -0.120. The molecule has 0 aromatic heterocycles. The van der Waals surface area contributed by atoms with Crippen molar-refractivity contribution in [1.82, 2.24) is 5.32 Å². The lowest BCUT2D eigenvalue weighted by atomic mass is 10.1. The molecule has 0 saturated heterocycles. The number of rotatable bonds is 6. The zero-order valence-corrected chi connectivity index (χ0v) is 9.38. The van der Waals surface area contributed by atoms with Gasteiger partial charge in [0, 0.05) is 13.2 Å². The molecule has 2 N–H and O–H groups in total. The van der Waals surface area contributed by atoms with Gasteiger partial charge >= 0.3 is 0 Å². The number of hydrogen-bond acceptors (Lipinski definition) is 2. The Morgan fingerprint density at radius 1 is 1.24 bits per heavy atom. The fraction of sp³-hybridized carbons (Fsp3) is 0.417. The van der Waals surface area contributed by atoms with Crippen molar-refractivity contribution in [3.8, 4) is 0 Å². The second-order valence-electron chi connectivity index (χ2n) is 3.71. The van der Waals surface area contributed by atoms with Crippen LogP contribution in [0, 0.1) is 11.6 Å². The molecule has 17 heavy (non-hydrogen) atoms. The van der Waals surface area contributed by atoms with Crippen LogP contribution in [0.3, 0.4) is 0 Å². The van der Waals surface area contributed by atoms with Crippen LogP contribution in [0.2, 0.25) is 0 Å². The molecule has 3 nitrogen and oxygen atoms in total. The molecule has 0 bridgehead atoms. The molecule has 0 saturated carbocycles. The monoisotopic (exact) mass is 243 g/mol. The van der Waals surface area contributed by atoms with Crippen molar-refractivity contribution in [3.63, 3.8) is 0 Å². The number of halogens is 2. The van der Waals surface area contributed by atoms with E-state index in [0.29, 0.717) is 24.9 Å². The summed E-state index contributed by atoms with van der Waals surface area (Å²) >= 11 is 0. The van der Waals surface area contributed by atoms with E-state index in [2.05, 4.69) is 5.32 Å². The van der Waals surface area contributed by atoms with E-state index < -0.39 is 11.6 Å². The summed E-state index contributed by atoms with van der Waals surface area (Å²) in [7, 11) is 0. The Morgan fingerprint density at radius 3 is 2.65 bits per heavy atom. The molecule has 0 aliphatic heterocycles. The van der Waals surface area contributed by atoms with Gasteiger partial charge in [-0.05, 0) is 30.5 Å². The Labute approximate surface area is 98.5 Å². The first-order valence-electron chi connectivity index (χ1n) is 5.45. The molecule has 0 heterocycles. The first kappa shape index (κ1) is 13.6. The number of hydrogen-bond donors (Lipinski definition) is 2. The number of nitrogens with one attached hydrogen (secondary N) is 1. The molecule has 5 heteroatoms. The summed E-state index contributed by atoms with van der Waals surface area (Å²) in [6.07, 6.45) is 1.35. The molecule has 0 fully saturated rings. The van der Waals surface area contributed by atoms with Crippen LogP contribution in [0.15, 0.2) is 18.2 Å². The van der Waals surface area contributed by atoms with Gasteiger partial charge in [0.1, 0.15) is 0 Å². The molecular weight excluding hydrogens is 228 g/mol. The number of unbranched alkanes of at least 4 members (excludes halogenated alkanes) is 1. The van der Waals surface area contributed by atoms with E-state index in [9.17, 15) is 13.6 Å². The molecule has 0 aliphatic rings. The highest BCUT2D eigenvalue weighted by atomic mass is 19.2. The maximum absolute atomic E-state index is 12.8. The van der Waals surface area contributed by atoms with E-state index in [1.54, 1.807) is 0 Å². The lowest BCUT2D eigenvalue weighted by Crippen LogP contribution is -2.26. The second kappa shape index (κ2) is 6.96. The first-order valence-corrected chi connectivity index (χ1v) is 5.45. The quantitative estimate of drug-likeness (QED) is 0.742. The third-order valence-electron chi connectivity index (χ3n) is 2.26. The summed E-state index contributed by atoms with van der Waals surface area (Å²) in [5.74, 6) is -2.11. The van der Waals surface area contributed by atoms with Crippen molar-refractivity contribution in [2.45, 2.75) is 19.3 Å². The SMILES string of the molecule is O=C(Cc1ccc(F)c(F)c1)NCCCCO. The minimum atomic E-state index is -0.949. The van der Waals surface area contributed by atoms with Gasteiger partial charge in [-0.15, -0.1) is 0 Å². The predicted octanol–water partition coefficient (Wildman–Crippen LogP) is 1.40. The highest BCUT2D eigenvalue weighted by Gasteiger charge is 2.06. The van der Waals surface area contributed by atoms with Crippen LogP contribution >= 0.6 is 0 Å². The second-order valence-corrected chi connectivity index (χ2v) is 3.71. The van der Waals surface area contributed by atoms with Crippen molar-refractivity contribution in [1.29, 1.82) is 0 Å². The minimum Gasteiger partial charge on any atom is -0.396 e. The Hall–Kier alpha value is -1.49. The Bertz CT molecular complexity index is 383. The van der Waals surface area contributed by atoms with Gasteiger partial charge in [0.15, 0.2) is 11.6 Å². The topological polar surface area (TPSA) is 49.3 Å². The Kier molecular flexibility index (Phi) is 5.56. The molecular formula is C12H15F2NO2. The molecule has 0 unspecified atom stereocenters. The number of benzene rings is 1. The van der Waals surface area contributed by atoms with E-state index in [4.69, 9.17) is 5.11 Å². The number of aliphatic hydroxyl groups is 1. The standard InChI is InChI=1S/C12H15F2NO2/c13-10-4-3-9(7-11(10)14)8-12(17)15-5-1-2-6-16/h3-4,7,16H,1-2,5-6,8H2,(H,15,17). The molecule has 1 amide bonds. The zero-order valence-electron chi connectivity index (χ0n) is 9.38. The fourth-order valence-corrected chi connectivity index (χ4v) is 1.36. The van der Waals surface area contributed by atoms with E-state index in [1.807, 2.05) is 0 Å². The van der Waals surface area contributed by atoms with Crippen molar-refractivity contribution in [2.75, 3.05) is 13.2 Å². The van der Waals surface area contributed by atoms with Crippen LogP contribution in [0.1, 0.15) is 18.4 Å². The van der Waals surface area contributed by atoms with Crippen molar-refractivity contribution >= 4 is 5.91 Å². The van der Waals surface area contributed by atoms with Gasteiger partial charge in [-0.2, -0.15) is 0 Å². The fourth-order valence-electron chi connectivity index (χ4n) is 1.36. The van der Waals surface area contributed by atoms with Crippen LogP contribution in [0.4, 0.5) is 8.78 Å². The third-order valence-corrected chi connectivity index (χ3v) is 2.26. The Balaban J connectivity index is 2.37. The van der Waals surface area contributed by atoms with Crippen molar-refractivity contribution < 1.29 is 18.7 Å². The van der Waals surface area contributed by atoms with Gasteiger partial charge in [-0.25, -0.2) is 8.78 Å². The molecule has 0 aliphatic carbocycles. The van der Waals surface area contributed by atoms with Crippen LogP contribution in [0.5, 0.6) is 0 Å². The van der Waals surface area contributed by atoms with Crippen LogP contribution in [-0.2, 0) is 11.2 Å². The van der Waals surface area contributed by atoms with Gasteiger partial charge in [-0.1, -0.05) is 6.07 Å². The summed E-state index contributed by atoms with van der Waals surface area (Å²) in [4.78, 5) is 11.4. The molecule has 1 rings (SSSR count). The van der Waals surface area contributed by atoms with Gasteiger partial charge in [0.05, 0.1) is 6.42 Å². The van der Waals surface area contributed by atoms with E-state index in [1.165, 1.54) is 6.07 Å². The number of amides is 1. The summed E-state index contributed by atoms with van der Waals surface area (Å²) in [6, 6.07) is 3.40. The third kappa shape index (κ3) is 4.91. The molecule has 0 spiro atoms. The summed E-state index contributed by atoms with van der Waals surface area (Å²) in [6.45, 7) is 0.572. The minimum absolute atomic E-state index is 0.0241. The van der Waals surface area contributed by atoms with Crippen molar-refractivity contribution in [3.05, 3.63) is 35.4 Å². The summed E-state index contributed by atoms with van der Waals surface area (Å²) < 4.78 is 25.5. The number of carbonyl (C=O) groups is 1. The highest BCUT2D eigenvalue weighted by molar-refractivity contribution is 5.78.